The maximum absolute atomic E-state index is 13.2. The number of amides is 1. The number of benzene rings is 2. The fourth-order valence-electron chi connectivity index (χ4n) is 2.74. The molecule has 8 nitrogen and oxygen atoms in total. The van der Waals surface area contributed by atoms with Crippen molar-refractivity contribution in [3.63, 3.8) is 0 Å². The van der Waals surface area contributed by atoms with Gasteiger partial charge in [0.1, 0.15) is 5.75 Å². The normalized spacial score (nSPS) is 16.1. The molecule has 1 N–H and O–H groups in total. The van der Waals surface area contributed by atoms with Gasteiger partial charge in [0.2, 0.25) is 0 Å². The van der Waals surface area contributed by atoms with Crippen LogP contribution in [0.3, 0.4) is 0 Å². The van der Waals surface area contributed by atoms with Gasteiger partial charge in [-0.2, -0.15) is 0 Å². The minimum Gasteiger partial charge on any atom is -0.476 e. The molecule has 2 aromatic carbocycles. The van der Waals surface area contributed by atoms with Gasteiger partial charge in [-0.3, -0.25) is 9.10 Å². The monoisotopic (exact) mass is 390 g/mol. The van der Waals surface area contributed by atoms with E-state index in [1.54, 1.807) is 24.3 Å². The summed E-state index contributed by atoms with van der Waals surface area (Å²) < 4.78 is 37.7. The third-order valence-corrected chi connectivity index (χ3v) is 5.93. The van der Waals surface area contributed by atoms with Gasteiger partial charge in [0.25, 0.3) is 15.9 Å². The number of para-hydroxylation sites is 2. The van der Waals surface area contributed by atoms with Crippen LogP contribution in [0.15, 0.2) is 53.4 Å². The van der Waals surface area contributed by atoms with Crippen molar-refractivity contribution in [2.24, 2.45) is 0 Å². The molecule has 0 bridgehead atoms. The van der Waals surface area contributed by atoms with E-state index in [1.807, 2.05) is 0 Å². The summed E-state index contributed by atoms with van der Waals surface area (Å²) >= 11 is 0. The topological polar surface area (TPSA) is 102 Å². The molecule has 0 fully saturated rings. The van der Waals surface area contributed by atoms with E-state index in [9.17, 15) is 18.0 Å². The van der Waals surface area contributed by atoms with E-state index < -0.39 is 28.0 Å². The standard InChI is InChI=1S/C18H18N2O6S/c1-19-17(21)16-11-20(14-5-3-4-6-15(14)26-16)27(23,24)13-9-7-12(8-10-13)18(22)25-2/h3-10,16H,11H2,1-2H3,(H,19,21)/t16-/m0/s1. The number of fused-ring (bicyclic) bond motifs is 1. The Bertz CT molecular complexity index is 972. The van der Waals surface area contributed by atoms with Crippen LogP contribution in [0.25, 0.3) is 0 Å². The predicted octanol–water partition coefficient (Wildman–Crippen LogP) is 1.18. The number of likely N-dealkylation sites (N-methyl/N-ethyl adjacent to an activating group) is 1. The summed E-state index contributed by atoms with van der Waals surface area (Å²) in [4.78, 5) is 23.6. The SMILES string of the molecule is CNC(=O)[C@@H]1CN(S(=O)(=O)c2ccc(C(=O)OC)cc2)c2ccccc2O1. The largest absolute Gasteiger partial charge is 0.476 e. The molecule has 0 saturated heterocycles. The number of hydrogen-bond acceptors (Lipinski definition) is 6. The van der Waals surface area contributed by atoms with Crippen LogP contribution in [0.1, 0.15) is 10.4 Å². The van der Waals surface area contributed by atoms with Crippen molar-refractivity contribution in [3.8, 4) is 5.75 Å². The van der Waals surface area contributed by atoms with Crippen LogP contribution in [-0.4, -0.2) is 47.1 Å². The second-order valence-corrected chi connectivity index (χ2v) is 7.60. The maximum atomic E-state index is 13.2. The van der Waals surface area contributed by atoms with Crippen LogP contribution in [0.5, 0.6) is 5.75 Å². The minimum absolute atomic E-state index is 0.0116. The maximum Gasteiger partial charge on any atom is 0.337 e. The number of carbonyl (C=O) groups is 2. The number of rotatable bonds is 4. The highest BCUT2D eigenvalue weighted by molar-refractivity contribution is 7.92. The number of nitrogens with one attached hydrogen (secondary N) is 1. The Balaban J connectivity index is 2.02. The number of hydrogen-bond donors (Lipinski definition) is 1. The van der Waals surface area contributed by atoms with E-state index in [4.69, 9.17) is 4.74 Å². The fraction of sp³-hybridized carbons (Fsp3) is 0.222. The first-order chi connectivity index (χ1) is 12.9. The first-order valence-corrected chi connectivity index (χ1v) is 9.51. The van der Waals surface area contributed by atoms with Crippen LogP contribution < -0.4 is 14.4 Å². The van der Waals surface area contributed by atoms with E-state index in [2.05, 4.69) is 10.1 Å². The average molecular weight is 390 g/mol. The Kier molecular flexibility index (Phi) is 5.04. The molecule has 0 spiro atoms. The summed E-state index contributed by atoms with van der Waals surface area (Å²) in [6.07, 6.45) is -0.978. The van der Waals surface area contributed by atoms with Crippen LogP contribution in [0.2, 0.25) is 0 Å². The van der Waals surface area contributed by atoms with Crippen LogP contribution in [0.4, 0.5) is 5.69 Å². The number of nitrogens with zero attached hydrogens (tertiary/aromatic N) is 1. The van der Waals surface area contributed by atoms with E-state index in [0.717, 1.165) is 4.31 Å². The average Bonchev–Trinajstić information content (AvgIpc) is 2.71. The molecule has 0 saturated carbocycles. The summed E-state index contributed by atoms with van der Waals surface area (Å²) in [5, 5.41) is 2.47. The first kappa shape index (κ1) is 18.7. The summed E-state index contributed by atoms with van der Waals surface area (Å²) in [6, 6.07) is 12.0. The highest BCUT2D eigenvalue weighted by atomic mass is 32.2. The first-order valence-electron chi connectivity index (χ1n) is 8.07. The predicted molar refractivity (Wildman–Crippen MR) is 97.2 cm³/mol. The van der Waals surface area contributed by atoms with Gasteiger partial charge >= 0.3 is 5.97 Å². The van der Waals surface area contributed by atoms with E-state index in [-0.39, 0.29) is 17.0 Å². The zero-order chi connectivity index (χ0) is 19.6. The lowest BCUT2D eigenvalue weighted by Gasteiger charge is -2.34. The van der Waals surface area contributed by atoms with Crippen molar-refractivity contribution < 1.29 is 27.5 Å². The smallest absolute Gasteiger partial charge is 0.337 e. The van der Waals surface area contributed by atoms with Gasteiger partial charge in [-0.1, -0.05) is 12.1 Å². The molecule has 1 amide bonds. The minimum atomic E-state index is -3.98. The number of ether oxygens (including phenoxy) is 2. The Morgan fingerprint density at radius 1 is 1.15 bits per heavy atom. The molecule has 0 unspecified atom stereocenters. The molecular weight excluding hydrogens is 372 g/mol. The van der Waals surface area contributed by atoms with Crippen LogP contribution >= 0.6 is 0 Å². The molecule has 27 heavy (non-hydrogen) atoms. The summed E-state index contributed by atoms with van der Waals surface area (Å²) in [7, 11) is -1.28. The highest BCUT2D eigenvalue weighted by Crippen LogP contribution is 2.36. The van der Waals surface area contributed by atoms with Gasteiger partial charge in [0, 0.05) is 7.05 Å². The summed E-state index contributed by atoms with van der Waals surface area (Å²) in [6.45, 7) is -0.169. The Labute approximate surface area is 156 Å². The van der Waals surface area contributed by atoms with Gasteiger partial charge in [0.15, 0.2) is 6.10 Å². The second-order valence-electron chi connectivity index (χ2n) is 5.74. The quantitative estimate of drug-likeness (QED) is 0.787. The molecule has 0 aromatic heterocycles. The molecule has 2 aromatic rings. The van der Waals surface area contributed by atoms with E-state index in [0.29, 0.717) is 11.4 Å². The number of methoxy groups -OCH3 is 1. The third kappa shape index (κ3) is 3.45. The molecule has 0 aliphatic carbocycles. The molecule has 142 valence electrons. The van der Waals surface area contributed by atoms with Crippen molar-refractivity contribution in [2.45, 2.75) is 11.0 Å². The fourth-order valence-corrected chi connectivity index (χ4v) is 4.21. The van der Waals surface area contributed by atoms with Crippen molar-refractivity contribution in [1.29, 1.82) is 0 Å². The second kappa shape index (κ2) is 7.28. The van der Waals surface area contributed by atoms with Crippen molar-refractivity contribution in [3.05, 3.63) is 54.1 Å². The van der Waals surface area contributed by atoms with E-state index >= 15 is 0 Å². The van der Waals surface area contributed by atoms with Crippen molar-refractivity contribution in [2.75, 3.05) is 25.0 Å². The Morgan fingerprint density at radius 3 is 2.44 bits per heavy atom. The van der Waals surface area contributed by atoms with Gasteiger partial charge in [-0.25, -0.2) is 13.2 Å². The highest BCUT2D eigenvalue weighted by Gasteiger charge is 2.37. The zero-order valence-corrected chi connectivity index (χ0v) is 15.5. The molecule has 1 aliphatic heterocycles. The lowest BCUT2D eigenvalue weighted by Crippen LogP contribution is -2.50. The van der Waals surface area contributed by atoms with Crippen molar-refractivity contribution >= 4 is 27.6 Å². The lowest BCUT2D eigenvalue weighted by atomic mass is 10.2. The molecule has 1 aliphatic rings. The summed E-state index contributed by atoms with van der Waals surface area (Å²) in [5.41, 5.74) is 0.580. The number of anilines is 1. The Morgan fingerprint density at radius 2 is 1.81 bits per heavy atom. The lowest BCUT2D eigenvalue weighted by molar-refractivity contribution is -0.127. The Hall–Kier alpha value is -3.07. The number of sulfonamides is 1. The van der Waals surface area contributed by atoms with Gasteiger partial charge < -0.3 is 14.8 Å². The third-order valence-electron chi connectivity index (χ3n) is 4.14. The molecule has 1 heterocycles. The van der Waals surface area contributed by atoms with Crippen LogP contribution in [0, 0.1) is 0 Å². The summed E-state index contributed by atoms with van der Waals surface area (Å²) in [5.74, 6) is -0.687. The number of carbonyl (C=O) groups excluding carboxylic acids is 2. The molecule has 0 radical (unpaired) electrons. The van der Waals surface area contributed by atoms with E-state index in [1.165, 1.54) is 38.4 Å². The van der Waals surface area contributed by atoms with Crippen LogP contribution in [-0.2, 0) is 19.6 Å². The molecule has 1 atom stereocenters. The molecular formula is C18H18N2O6S. The van der Waals surface area contributed by atoms with Gasteiger partial charge in [-0.05, 0) is 36.4 Å². The molecule has 3 rings (SSSR count). The zero-order valence-electron chi connectivity index (χ0n) is 14.7. The van der Waals surface area contributed by atoms with Gasteiger partial charge in [0.05, 0.1) is 29.8 Å². The van der Waals surface area contributed by atoms with Gasteiger partial charge in [-0.15, -0.1) is 0 Å². The molecule has 9 heteroatoms. The van der Waals surface area contributed by atoms with Crippen molar-refractivity contribution in [1.82, 2.24) is 5.32 Å². The number of esters is 1.